The number of hydrogen-bond donors (Lipinski definition) is 6. The molecule has 0 saturated carbocycles. The normalized spacial score (nSPS) is 16.0. The van der Waals surface area contributed by atoms with E-state index in [4.69, 9.17) is 63.6 Å². The van der Waals surface area contributed by atoms with Gasteiger partial charge in [-0.1, -0.05) is 30.0 Å². The fraction of sp³-hybridized carbons (Fsp3) is 0.216. The first kappa shape index (κ1) is 85.9. The second-order valence-electron chi connectivity index (χ2n) is 32.0. The van der Waals surface area contributed by atoms with E-state index in [9.17, 15) is 22.7 Å². The highest BCUT2D eigenvalue weighted by Gasteiger charge is 2.47. The van der Waals surface area contributed by atoms with E-state index in [1.54, 1.807) is 128 Å². The van der Waals surface area contributed by atoms with Crippen LogP contribution < -0.4 is 59.2 Å². The molecule has 2 aliphatic heterocycles. The highest BCUT2D eigenvalue weighted by molar-refractivity contribution is 14.1. The minimum absolute atomic E-state index is 0. The summed E-state index contributed by atoms with van der Waals surface area (Å²) in [5.74, 6) is -4.51. The molecule has 2 fully saturated rings. The number of nitrogens with one attached hydrogen (secondary N) is 4. The van der Waals surface area contributed by atoms with Crippen molar-refractivity contribution >= 4 is 146 Å². The maximum Gasteiger partial charge on any atom is 0.296 e. The number of aromatic nitrogens is 20. The van der Waals surface area contributed by atoms with E-state index < -0.39 is 99.0 Å². The van der Waals surface area contributed by atoms with Crippen LogP contribution in [0.5, 0.6) is 74.7 Å². The lowest BCUT2D eigenvalue weighted by molar-refractivity contribution is -0.145. The highest BCUT2D eigenvalue weighted by Crippen LogP contribution is 2.45. The lowest BCUT2D eigenvalue weighted by Gasteiger charge is -2.36. The van der Waals surface area contributed by atoms with Crippen molar-refractivity contribution in [1.29, 1.82) is 0 Å². The van der Waals surface area contributed by atoms with Gasteiger partial charge in [-0.05, 0) is 221 Å². The van der Waals surface area contributed by atoms with Crippen LogP contribution in [0.15, 0.2) is 245 Å². The third-order valence-corrected chi connectivity index (χ3v) is 22.3. The topological polar surface area (TPSA) is 393 Å². The number of hydrogen-bond acceptors (Lipinski definition) is 32. The van der Waals surface area contributed by atoms with Crippen molar-refractivity contribution in [3.63, 3.8) is 0 Å². The molecule has 0 amide bonds. The van der Waals surface area contributed by atoms with Gasteiger partial charge < -0.3 is 79.2 Å². The first-order valence-corrected chi connectivity index (χ1v) is 45.5. The number of piperidine rings is 2. The molecule has 0 radical (unpaired) electrons. The Hall–Kier alpha value is -16.6. The molecule has 0 bridgehead atoms. The minimum Gasteiger partial charge on any atom is -0.505 e. The number of aliphatic hydroxyl groups is 1. The van der Waals surface area contributed by atoms with E-state index >= 15 is 13.2 Å². The number of aromatic hydroxyl groups is 1. The maximum atomic E-state index is 15.3. The predicted octanol–water partition coefficient (Wildman–Crippen LogP) is 21.8. The Morgan fingerprint density at radius 1 is 0.388 bits per heavy atom. The number of benzene rings is 8. The SMILES string of the molecule is C.CCl.COc1ccc2ncnc(Nc3ccc(Oc4ccn5ncnc5c4)c(C)c3)c2c1F.Cc1cc(Nc2ncnc3ccc(O)c(F)c23)ccc1Oc1ccn2ncnc2c1.[2H]C([2H])([2H])I.[2H]C([2H])([2H])N1CCC(O)C(F)(F)C1.[2H]C([2H])([2H])Oc1ccc2ncnc(Nc3ccc(Oc4ccn5ncnc5c4)c(C)c3)c2c1F.[2H]C([2H])([2H])Oc1ccc2ncnc(Nc3ccc(Oc4ccn5ncnc5c4)c(C)c3)c2c1OC1CCN(C([2H])([2H])[2H])CC1(F)F. The zero-order valence-corrected chi connectivity index (χ0v) is 80.3. The number of aliphatic hydroxyl groups excluding tert-OH is 1. The number of phenols is 1. The zero-order chi connectivity index (χ0) is 116. The van der Waals surface area contributed by atoms with Crippen LogP contribution in [-0.2, 0) is 0 Å². The molecule has 2 atom stereocenters. The van der Waals surface area contributed by atoms with E-state index in [2.05, 4.69) is 113 Å². The van der Waals surface area contributed by atoms with Crippen LogP contribution in [0.1, 0.15) is 63.1 Å². The quantitative estimate of drug-likeness (QED) is 0.0221. The van der Waals surface area contributed by atoms with Crippen molar-refractivity contribution in [3.8, 4) is 74.7 Å². The predicted molar refractivity (Wildman–Crippen MR) is 552 cm³/mol. The number of alkyl halides is 6. The average molecular weight is 2160 g/mol. The molecule has 12 aromatic heterocycles. The van der Waals surface area contributed by atoms with Gasteiger partial charge >= 0.3 is 0 Å². The van der Waals surface area contributed by atoms with Gasteiger partial charge in [-0.3, -0.25) is 0 Å². The number of phenolic OH excluding ortho intramolecular Hbond substituents is 1. The molecular weight excluding hydrogens is 2040 g/mol. The summed E-state index contributed by atoms with van der Waals surface area (Å²) in [6.07, 6.45) is 15.6. The Kier molecular flexibility index (Phi) is 27.4. The van der Waals surface area contributed by atoms with Crippen molar-refractivity contribution < 1.29 is 99.4 Å². The largest absolute Gasteiger partial charge is 0.505 e. The van der Waals surface area contributed by atoms with Crippen molar-refractivity contribution in [2.45, 2.75) is 72.0 Å². The van der Waals surface area contributed by atoms with Crippen LogP contribution in [0.3, 0.4) is 0 Å². The van der Waals surface area contributed by atoms with Crippen molar-refractivity contribution in [3.05, 3.63) is 285 Å². The van der Waals surface area contributed by atoms with Gasteiger partial charge in [0.15, 0.2) is 74.9 Å². The van der Waals surface area contributed by atoms with Gasteiger partial charge in [-0.15, -0.1) is 11.6 Å². The summed E-state index contributed by atoms with van der Waals surface area (Å²) >= 11 is 6.02. The lowest BCUT2D eigenvalue weighted by Crippen LogP contribution is -2.52. The molecule has 45 heteroatoms. The van der Waals surface area contributed by atoms with Crippen LogP contribution in [-0.4, -0.2) is 215 Å². The van der Waals surface area contributed by atoms with Gasteiger partial charge in [-0.25, -0.2) is 109 Å². The molecule has 758 valence electrons. The number of aryl methyl sites for hydroxylation is 4. The molecule has 36 nitrogen and oxygen atoms in total. The van der Waals surface area contributed by atoms with Crippen LogP contribution in [0, 0.1) is 45.1 Å². The summed E-state index contributed by atoms with van der Waals surface area (Å²) in [7, 11) is -4.30. The standard InChI is InChI=1S/C28H27F2N7O3.2C22H17FN6O2.C21H15FN6O2.C6H11F2NO.CH3Cl.CH3I.CH4/c1-17-12-18(4-6-21(17)39-19-8-11-37-24(13-19)32-16-34-37)35-27-25-20(31-15-33-27)5-7-22(38-3)26(25)40-23-9-10-36(2)14-28(23,29)30;2*1-13-9-14(3-5-17(13)31-15-7-8-29-19(10-15)25-12-27-29)28-22-20-16(24-11-26-22)4-6-18(30-2)21(20)23;1-12-8-13(27-21-19-15(23-10-25-21)3-4-16(29)20(19)22)2-5-17(12)30-14-6-7-28-18(9-14)24-11-26-28;1-9-3-2-5(10)6(7,8)4-9;2*1-2;/h4-8,11-13,15-16,23H,9-10,14H2,1-3H3,(H,31,33,35);2*3-12H,1-2H3,(H,24,26,28);2-11,29H,1H3,(H,23,25,27);5,10H,2-4H2,1H3;2*1H3;1H4/i2D3,3D3;2D3;;;1D3;;1D3;. The van der Waals surface area contributed by atoms with Crippen molar-refractivity contribution in [1.82, 2.24) is 108 Å². The Balaban J connectivity index is 0.000000152. The first-order valence-electron chi connectivity index (χ1n) is 51.1. The summed E-state index contributed by atoms with van der Waals surface area (Å²) in [5.41, 5.74) is 10.00. The molecule has 0 aliphatic carbocycles. The zero-order valence-electron chi connectivity index (χ0n) is 92.4. The van der Waals surface area contributed by atoms with E-state index in [0.717, 1.165) is 27.9 Å². The summed E-state index contributed by atoms with van der Waals surface area (Å²) in [5, 5.41) is 47.8. The Morgan fingerprint density at radius 2 is 0.701 bits per heavy atom. The third-order valence-electron chi connectivity index (χ3n) is 22.3. The number of halogens is 9. The average Bonchev–Trinajstić information content (AvgIpc) is 0.771. The van der Waals surface area contributed by atoms with Gasteiger partial charge in [-0.2, -0.15) is 20.4 Å². The van der Waals surface area contributed by atoms with Crippen LogP contribution in [0.25, 0.3) is 66.2 Å². The molecular formula is C102H97ClF7IN26O10. The van der Waals surface area contributed by atoms with Gasteiger partial charge in [0.1, 0.15) is 126 Å². The van der Waals surface area contributed by atoms with Gasteiger partial charge in [0.2, 0.25) is 0 Å². The van der Waals surface area contributed by atoms with Gasteiger partial charge in [0, 0.05) is 110 Å². The smallest absolute Gasteiger partial charge is 0.296 e. The molecule has 22 rings (SSSR count). The second-order valence-corrected chi connectivity index (χ2v) is 32.0. The number of methoxy groups -OCH3 is 3. The number of anilines is 8. The molecule has 6 N–H and O–H groups in total. The maximum absolute atomic E-state index is 15.3. The fourth-order valence-electron chi connectivity index (χ4n) is 15.2. The Bertz CT molecular complexity index is 8700. The van der Waals surface area contributed by atoms with Crippen LogP contribution in [0.4, 0.5) is 76.8 Å². The van der Waals surface area contributed by atoms with E-state index in [-0.39, 0.29) is 95.1 Å². The van der Waals surface area contributed by atoms with Gasteiger partial charge in [0.05, 0.1) is 86.1 Å². The molecule has 2 unspecified atom stereocenters. The van der Waals surface area contributed by atoms with E-state index in [1.165, 1.54) is 123 Å². The van der Waals surface area contributed by atoms with Crippen LogP contribution >= 0.6 is 34.2 Å². The van der Waals surface area contributed by atoms with E-state index in [1.807, 2.05) is 76.2 Å². The summed E-state index contributed by atoms with van der Waals surface area (Å²) < 4.78 is 259. The molecule has 20 aromatic rings. The lowest BCUT2D eigenvalue weighted by atomic mass is 10.0. The van der Waals surface area contributed by atoms with Crippen molar-refractivity contribution in [2.75, 3.05) is 93.8 Å². The number of pyridine rings is 4. The molecule has 14 heterocycles. The molecule has 0 spiro atoms. The molecule has 2 aliphatic rings. The summed E-state index contributed by atoms with van der Waals surface area (Å²) in [6, 6.07) is 47.3. The number of nitrogens with zero attached hydrogens (tertiary/aromatic N) is 22. The Morgan fingerprint density at radius 3 is 1.04 bits per heavy atom. The second kappa shape index (κ2) is 46.9. The number of fused-ring (bicyclic) bond motifs is 8. The number of ether oxygens (including phenoxy) is 8. The third kappa shape index (κ3) is 24.4. The minimum atomic E-state index is -3.60. The Labute approximate surface area is 875 Å². The first-order chi connectivity index (χ1) is 76.4. The molecule has 8 aromatic carbocycles. The summed E-state index contributed by atoms with van der Waals surface area (Å²) in [6.45, 7) is 0.142. The number of likely N-dealkylation sites (tertiary alicyclic amines) is 2. The number of rotatable bonds is 21. The van der Waals surface area contributed by atoms with Gasteiger partial charge in [0.25, 0.3) is 11.8 Å². The van der Waals surface area contributed by atoms with E-state index in [0.29, 0.717) is 118 Å². The highest BCUT2D eigenvalue weighted by atomic mass is 127. The monoisotopic (exact) mass is 2160 g/mol. The van der Waals surface area contributed by atoms with Crippen LogP contribution in [0.2, 0.25) is 0 Å². The molecule has 147 heavy (non-hydrogen) atoms. The fourth-order valence-corrected chi connectivity index (χ4v) is 15.2. The molecule has 2 saturated heterocycles. The summed E-state index contributed by atoms with van der Waals surface area (Å²) in [4.78, 5) is 49.5. The van der Waals surface area contributed by atoms with Crippen molar-refractivity contribution in [2.24, 2.45) is 0 Å².